The maximum absolute atomic E-state index is 8.67. The Morgan fingerprint density at radius 3 is 3.12 bits per heavy atom. The quantitative estimate of drug-likeness (QED) is 0.754. The summed E-state index contributed by atoms with van der Waals surface area (Å²) in [6.45, 7) is 0.710. The first-order valence-corrected chi connectivity index (χ1v) is 5.57. The van der Waals surface area contributed by atoms with Gasteiger partial charge in [0.15, 0.2) is 11.5 Å². The van der Waals surface area contributed by atoms with Crippen molar-refractivity contribution in [2.24, 2.45) is 0 Å². The molecule has 1 aliphatic carbocycles. The predicted octanol–water partition coefficient (Wildman–Crippen LogP) is 0.402. The highest BCUT2D eigenvalue weighted by Gasteiger charge is 2.30. The van der Waals surface area contributed by atoms with E-state index in [4.69, 9.17) is 5.26 Å². The van der Waals surface area contributed by atoms with Crippen molar-refractivity contribution < 1.29 is 0 Å². The summed E-state index contributed by atoms with van der Waals surface area (Å²) in [5.74, 6) is 0.836. The zero-order valence-corrected chi connectivity index (χ0v) is 9.19. The number of tetrazole rings is 1. The summed E-state index contributed by atoms with van der Waals surface area (Å²) < 4.78 is 1.41. The molecule has 0 saturated heterocycles. The molecule has 0 unspecified atom stereocenters. The molecule has 86 valence electrons. The number of anilines is 1. The van der Waals surface area contributed by atoms with E-state index in [1.165, 1.54) is 17.5 Å². The van der Waals surface area contributed by atoms with Crippen LogP contribution in [0.2, 0.25) is 0 Å². The van der Waals surface area contributed by atoms with Crippen LogP contribution in [0.25, 0.3) is 5.65 Å². The molecule has 1 saturated carbocycles. The molecule has 1 aliphatic rings. The van der Waals surface area contributed by atoms with E-state index in [0.29, 0.717) is 24.7 Å². The normalized spacial score (nSPS) is 14.8. The molecule has 7 heteroatoms. The monoisotopic (exact) mass is 229 g/mol. The number of hydrogen-bond acceptors (Lipinski definition) is 6. The molecule has 1 fully saturated rings. The van der Waals surface area contributed by atoms with Crippen LogP contribution in [0.5, 0.6) is 0 Å². The van der Waals surface area contributed by atoms with E-state index in [1.807, 2.05) is 12.1 Å². The molecule has 2 aromatic heterocycles. The molecule has 7 nitrogen and oxygen atoms in total. The largest absolute Gasteiger partial charge is 0.351 e. The minimum atomic E-state index is 0.506. The lowest BCUT2D eigenvalue weighted by atomic mass is 10.3. The molecule has 3 rings (SSSR count). The van der Waals surface area contributed by atoms with Gasteiger partial charge >= 0.3 is 0 Å². The Balaban J connectivity index is 1.91. The van der Waals surface area contributed by atoms with Gasteiger partial charge in [0, 0.05) is 12.6 Å². The molecule has 0 aromatic carbocycles. The van der Waals surface area contributed by atoms with Gasteiger partial charge in [0.05, 0.1) is 12.5 Å². The maximum Gasteiger partial charge on any atom is 0.200 e. The van der Waals surface area contributed by atoms with Crippen LogP contribution in [0.15, 0.2) is 12.1 Å². The smallest absolute Gasteiger partial charge is 0.200 e. The van der Waals surface area contributed by atoms with Crippen LogP contribution < -0.4 is 4.90 Å². The van der Waals surface area contributed by atoms with Gasteiger partial charge in [0.1, 0.15) is 0 Å². The van der Waals surface area contributed by atoms with Gasteiger partial charge in [0.2, 0.25) is 0 Å². The minimum absolute atomic E-state index is 0.506. The fraction of sp³-hybridized carbons (Fsp3) is 0.500. The van der Waals surface area contributed by atoms with Crippen molar-refractivity contribution in [2.75, 3.05) is 11.4 Å². The van der Waals surface area contributed by atoms with E-state index in [2.05, 4.69) is 31.6 Å². The van der Waals surface area contributed by atoms with Crippen molar-refractivity contribution in [3.8, 4) is 6.07 Å². The van der Waals surface area contributed by atoms with Crippen molar-refractivity contribution in [3.63, 3.8) is 0 Å². The molecule has 0 atom stereocenters. The first-order valence-electron chi connectivity index (χ1n) is 5.57. The van der Waals surface area contributed by atoms with E-state index < -0.39 is 0 Å². The number of fused-ring (bicyclic) bond motifs is 1. The molecule has 0 bridgehead atoms. The van der Waals surface area contributed by atoms with Crippen molar-refractivity contribution >= 4 is 11.5 Å². The molecule has 0 N–H and O–H groups in total. The van der Waals surface area contributed by atoms with Crippen LogP contribution in [0, 0.1) is 11.3 Å². The van der Waals surface area contributed by atoms with Gasteiger partial charge in [-0.2, -0.15) is 5.26 Å². The SMILES string of the molecule is N#CCCN(c1ccc2nnnn2n1)C1CC1. The van der Waals surface area contributed by atoms with Gasteiger partial charge in [-0.1, -0.05) is 0 Å². The second kappa shape index (κ2) is 3.97. The molecule has 0 amide bonds. The van der Waals surface area contributed by atoms with E-state index >= 15 is 0 Å². The van der Waals surface area contributed by atoms with Gasteiger partial charge in [-0.05, 0) is 35.4 Å². The summed E-state index contributed by atoms with van der Waals surface area (Å²) in [6.07, 6.45) is 2.84. The molecule has 2 aromatic rings. The fourth-order valence-corrected chi connectivity index (χ4v) is 1.83. The summed E-state index contributed by atoms with van der Waals surface area (Å²) in [6, 6.07) is 6.43. The predicted molar refractivity (Wildman–Crippen MR) is 59.2 cm³/mol. The van der Waals surface area contributed by atoms with Gasteiger partial charge in [-0.15, -0.1) is 14.8 Å². The third kappa shape index (κ3) is 1.89. The van der Waals surface area contributed by atoms with Crippen molar-refractivity contribution in [1.82, 2.24) is 25.3 Å². The minimum Gasteiger partial charge on any atom is -0.351 e. The van der Waals surface area contributed by atoms with E-state index in [0.717, 1.165) is 5.82 Å². The maximum atomic E-state index is 8.67. The molecule has 0 aliphatic heterocycles. The second-order valence-corrected chi connectivity index (χ2v) is 4.05. The van der Waals surface area contributed by atoms with Gasteiger partial charge < -0.3 is 4.90 Å². The Morgan fingerprint density at radius 1 is 1.47 bits per heavy atom. The summed E-state index contributed by atoms with van der Waals surface area (Å²) in [5.41, 5.74) is 0.629. The lowest BCUT2D eigenvalue weighted by Crippen LogP contribution is -2.28. The number of nitriles is 1. The van der Waals surface area contributed by atoms with Crippen LogP contribution in [0.4, 0.5) is 5.82 Å². The highest BCUT2D eigenvalue weighted by Crippen LogP contribution is 2.30. The van der Waals surface area contributed by atoms with Crippen molar-refractivity contribution in [2.45, 2.75) is 25.3 Å². The Hall–Kier alpha value is -2.23. The van der Waals surface area contributed by atoms with Crippen LogP contribution >= 0.6 is 0 Å². The summed E-state index contributed by atoms with van der Waals surface area (Å²) >= 11 is 0. The highest BCUT2D eigenvalue weighted by molar-refractivity contribution is 5.46. The summed E-state index contributed by atoms with van der Waals surface area (Å²) in [7, 11) is 0. The van der Waals surface area contributed by atoms with E-state index in [1.54, 1.807) is 0 Å². The average molecular weight is 229 g/mol. The lowest BCUT2D eigenvalue weighted by Gasteiger charge is -2.21. The van der Waals surface area contributed by atoms with Crippen molar-refractivity contribution in [1.29, 1.82) is 5.26 Å². The lowest BCUT2D eigenvalue weighted by molar-refractivity contribution is 0.700. The third-order valence-electron chi connectivity index (χ3n) is 2.80. The number of nitrogens with zero attached hydrogens (tertiary/aromatic N) is 7. The van der Waals surface area contributed by atoms with Gasteiger partial charge in [-0.25, -0.2) is 0 Å². The molecule has 0 radical (unpaired) electrons. The zero-order chi connectivity index (χ0) is 11.7. The first-order chi connectivity index (χ1) is 8.38. The number of hydrogen-bond donors (Lipinski definition) is 0. The van der Waals surface area contributed by atoms with Crippen LogP contribution in [-0.2, 0) is 0 Å². The second-order valence-electron chi connectivity index (χ2n) is 4.05. The first kappa shape index (κ1) is 9.96. The van der Waals surface area contributed by atoms with Crippen LogP contribution in [0.1, 0.15) is 19.3 Å². The zero-order valence-electron chi connectivity index (χ0n) is 9.19. The van der Waals surface area contributed by atoms with Gasteiger partial charge in [0.25, 0.3) is 0 Å². The van der Waals surface area contributed by atoms with Crippen molar-refractivity contribution in [3.05, 3.63) is 12.1 Å². The Bertz CT molecular complexity index is 565. The van der Waals surface area contributed by atoms with Gasteiger partial charge in [-0.3, -0.25) is 0 Å². The molecule has 17 heavy (non-hydrogen) atoms. The van der Waals surface area contributed by atoms with E-state index in [9.17, 15) is 0 Å². The van der Waals surface area contributed by atoms with Crippen LogP contribution in [-0.4, -0.2) is 37.8 Å². The Morgan fingerprint density at radius 2 is 2.35 bits per heavy atom. The van der Waals surface area contributed by atoms with Crippen LogP contribution in [0.3, 0.4) is 0 Å². The Labute approximate surface area is 97.6 Å². The fourth-order valence-electron chi connectivity index (χ4n) is 1.83. The average Bonchev–Trinajstić information content (AvgIpc) is 3.07. The highest BCUT2D eigenvalue weighted by atomic mass is 15.6. The molecular formula is C10H11N7. The van der Waals surface area contributed by atoms with E-state index in [-0.39, 0.29) is 0 Å². The number of aromatic nitrogens is 5. The molecule has 0 spiro atoms. The number of rotatable bonds is 4. The standard InChI is InChI=1S/C10H11N7/c11-6-1-7-16(8-2-3-8)10-5-4-9-12-14-15-17(9)13-10/h4-5,8H,1-3,7H2. The third-order valence-corrected chi connectivity index (χ3v) is 2.80. The Kier molecular flexibility index (Phi) is 2.33. The summed E-state index contributed by atoms with van der Waals surface area (Å²) in [4.78, 5) is 2.16. The summed E-state index contributed by atoms with van der Waals surface area (Å²) in [5, 5.41) is 24.2. The topological polar surface area (TPSA) is 83.0 Å². The molecular weight excluding hydrogens is 218 g/mol. The molecule has 2 heterocycles.